The summed E-state index contributed by atoms with van der Waals surface area (Å²) < 4.78 is 1.97. The summed E-state index contributed by atoms with van der Waals surface area (Å²) in [6, 6.07) is 20.4. The number of nitrogens with two attached hydrogens (primary N) is 1. The summed E-state index contributed by atoms with van der Waals surface area (Å²) in [4.78, 5) is 15.2. The molecule has 1 saturated heterocycles. The Morgan fingerprint density at radius 1 is 1.07 bits per heavy atom. The Labute approximate surface area is 172 Å². The Bertz CT molecular complexity index is 952. The number of amides is 1. The van der Waals surface area contributed by atoms with Gasteiger partial charge in [0.2, 0.25) is 0 Å². The monoisotopic (exact) mass is 388 g/mol. The van der Waals surface area contributed by atoms with Crippen molar-refractivity contribution < 1.29 is 4.79 Å². The van der Waals surface area contributed by atoms with Crippen LogP contribution in [0.3, 0.4) is 0 Å². The molecule has 0 saturated carbocycles. The molecule has 4 rings (SSSR count). The van der Waals surface area contributed by atoms with E-state index in [-0.39, 0.29) is 17.9 Å². The maximum Gasteiger partial charge on any atom is 0.257 e. The second-order valence-corrected chi connectivity index (χ2v) is 7.79. The van der Waals surface area contributed by atoms with Crippen LogP contribution in [0.15, 0.2) is 66.9 Å². The predicted molar refractivity (Wildman–Crippen MR) is 115 cm³/mol. The molecule has 1 aromatic heterocycles. The largest absolute Gasteiger partial charge is 0.336 e. The van der Waals surface area contributed by atoms with Crippen LogP contribution in [0.4, 0.5) is 0 Å². The fourth-order valence-electron chi connectivity index (χ4n) is 4.20. The highest BCUT2D eigenvalue weighted by Gasteiger charge is 2.35. The maximum absolute atomic E-state index is 13.3. The van der Waals surface area contributed by atoms with Crippen molar-refractivity contribution in [2.75, 3.05) is 13.1 Å². The number of hydrogen-bond acceptors (Lipinski definition) is 3. The van der Waals surface area contributed by atoms with Gasteiger partial charge in [0.05, 0.1) is 24.0 Å². The summed E-state index contributed by atoms with van der Waals surface area (Å²) in [5.41, 5.74) is 10.5. The molecular formula is C24H28N4O. The Hall–Kier alpha value is -2.92. The molecule has 0 bridgehead atoms. The number of carbonyl (C=O) groups excluding carboxylic acids is 1. The minimum absolute atomic E-state index is 0.0432. The zero-order valence-corrected chi connectivity index (χ0v) is 16.9. The number of benzene rings is 2. The van der Waals surface area contributed by atoms with Crippen molar-refractivity contribution in [1.29, 1.82) is 0 Å². The SMILES string of the molecule is CCCc1c(C(=O)N2C[C@@H](N)[C@H](c3ccccc3)C2)cnn1Cc1ccccc1. The van der Waals surface area contributed by atoms with Crippen molar-refractivity contribution >= 4 is 5.91 Å². The zero-order valence-electron chi connectivity index (χ0n) is 16.9. The molecule has 1 aliphatic heterocycles. The standard InChI is InChI=1S/C24H28N4O/c1-2-9-23-20(14-26-28(23)15-18-10-5-3-6-11-18)24(29)27-16-21(22(25)17-27)19-12-7-4-8-13-19/h3-8,10-14,21-22H,2,9,15-17,25H2,1H3/t21-,22+/m0/s1. The van der Waals surface area contributed by atoms with Gasteiger partial charge in [0.25, 0.3) is 5.91 Å². The summed E-state index contributed by atoms with van der Waals surface area (Å²) in [6.45, 7) is 4.04. The van der Waals surface area contributed by atoms with Crippen LogP contribution in [0.5, 0.6) is 0 Å². The van der Waals surface area contributed by atoms with Gasteiger partial charge in [0, 0.05) is 25.0 Å². The topological polar surface area (TPSA) is 64.2 Å². The Morgan fingerprint density at radius 3 is 2.45 bits per heavy atom. The van der Waals surface area contributed by atoms with Crippen molar-refractivity contribution in [2.45, 2.75) is 38.3 Å². The Balaban J connectivity index is 1.55. The highest BCUT2D eigenvalue weighted by atomic mass is 16.2. The summed E-state index contributed by atoms with van der Waals surface area (Å²) in [5, 5.41) is 4.56. The van der Waals surface area contributed by atoms with Crippen molar-refractivity contribution in [2.24, 2.45) is 5.73 Å². The molecule has 2 N–H and O–H groups in total. The Morgan fingerprint density at radius 2 is 1.76 bits per heavy atom. The molecule has 2 atom stereocenters. The molecule has 1 fully saturated rings. The van der Waals surface area contributed by atoms with Gasteiger partial charge in [0.15, 0.2) is 0 Å². The summed E-state index contributed by atoms with van der Waals surface area (Å²) >= 11 is 0. The van der Waals surface area contributed by atoms with Crippen molar-refractivity contribution in [1.82, 2.24) is 14.7 Å². The molecule has 5 heteroatoms. The normalized spacial score (nSPS) is 18.9. The minimum Gasteiger partial charge on any atom is -0.336 e. The van der Waals surface area contributed by atoms with Crippen LogP contribution in [-0.2, 0) is 13.0 Å². The third-order valence-electron chi connectivity index (χ3n) is 5.72. The quantitative estimate of drug-likeness (QED) is 0.703. The van der Waals surface area contributed by atoms with Crippen LogP contribution in [0.1, 0.15) is 46.4 Å². The average molecular weight is 389 g/mol. The van der Waals surface area contributed by atoms with E-state index in [0.29, 0.717) is 25.2 Å². The van der Waals surface area contributed by atoms with E-state index in [1.807, 2.05) is 46.0 Å². The third kappa shape index (κ3) is 4.10. The van der Waals surface area contributed by atoms with Crippen molar-refractivity contribution in [3.05, 3.63) is 89.2 Å². The van der Waals surface area contributed by atoms with E-state index in [9.17, 15) is 4.79 Å². The van der Waals surface area contributed by atoms with Gasteiger partial charge in [-0.05, 0) is 17.5 Å². The summed E-state index contributed by atoms with van der Waals surface area (Å²) in [5.74, 6) is 0.218. The first-order valence-electron chi connectivity index (χ1n) is 10.4. The summed E-state index contributed by atoms with van der Waals surface area (Å²) in [7, 11) is 0. The summed E-state index contributed by atoms with van der Waals surface area (Å²) in [6.07, 6.45) is 3.53. The molecule has 3 aromatic rings. The molecule has 1 amide bonds. The lowest BCUT2D eigenvalue weighted by molar-refractivity contribution is 0.0788. The van der Waals surface area contributed by atoms with Crippen LogP contribution in [0.2, 0.25) is 0 Å². The lowest BCUT2D eigenvalue weighted by atomic mass is 9.95. The molecule has 1 aliphatic rings. The first kappa shape index (κ1) is 19.4. The predicted octanol–water partition coefficient (Wildman–Crippen LogP) is 3.45. The van der Waals surface area contributed by atoms with Crippen molar-refractivity contribution in [3.8, 4) is 0 Å². The molecule has 2 heterocycles. The van der Waals surface area contributed by atoms with Gasteiger partial charge in [-0.1, -0.05) is 74.0 Å². The van der Waals surface area contributed by atoms with Gasteiger partial charge in [-0.3, -0.25) is 9.48 Å². The molecule has 0 unspecified atom stereocenters. The molecule has 150 valence electrons. The van der Waals surface area contributed by atoms with Crippen molar-refractivity contribution in [3.63, 3.8) is 0 Å². The van der Waals surface area contributed by atoms with E-state index in [2.05, 4.69) is 36.3 Å². The van der Waals surface area contributed by atoms with Crippen LogP contribution < -0.4 is 5.73 Å². The van der Waals surface area contributed by atoms with Crippen LogP contribution in [-0.4, -0.2) is 39.7 Å². The fourth-order valence-corrected chi connectivity index (χ4v) is 4.20. The molecule has 2 aromatic carbocycles. The first-order chi connectivity index (χ1) is 14.2. The Kier molecular flexibility index (Phi) is 5.76. The van der Waals surface area contributed by atoms with Crippen LogP contribution >= 0.6 is 0 Å². The highest BCUT2D eigenvalue weighted by molar-refractivity contribution is 5.95. The molecule has 0 spiro atoms. The fraction of sp³-hybridized carbons (Fsp3) is 0.333. The van der Waals surface area contributed by atoms with Gasteiger partial charge in [-0.25, -0.2) is 0 Å². The zero-order chi connectivity index (χ0) is 20.2. The number of nitrogens with zero attached hydrogens (tertiary/aromatic N) is 3. The highest BCUT2D eigenvalue weighted by Crippen LogP contribution is 2.28. The number of hydrogen-bond donors (Lipinski definition) is 1. The number of aromatic nitrogens is 2. The smallest absolute Gasteiger partial charge is 0.257 e. The van der Waals surface area contributed by atoms with Gasteiger partial charge >= 0.3 is 0 Å². The van der Waals surface area contributed by atoms with E-state index in [1.54, 1.807) is 6.20 Å². The average Bonchev–Trinajstić information content (AvgIpc) is 3.33. The van der Waals surface area contributed by atoms with Crippen LogP contribution in [0, 0.1) is 0 Å². The van der Waals surface area contributed by atoms with Gasteiger partial charge < -0.3 is 10.6 Å². The lowest BCUT2D eigenvalue weighted by Gasteiger charge is -2.17. The van der Waals surface area contributed by atoms with E-state index in [1.165, 1.54) is 11.1 Å². The molecule has 0 aliphatic carbocycles. The molecule has 29 heavy (non-hydrogen) atoms. The molecular weight excluding hydrogens is 360 g/mol. The van der Waals surface area contributed by atoms with E-state index < -0.39 is 0 Å². The maximum atomic E-state index is 13.3. The third-order valence-corrected chi connectivity index (χ3v) is 5.72. The second kappa shape index (κ2) is 8.62. The van der Waals surface area contributed by atoms with Gasteiger partial charge in [-0.2, -0.15) is 5.10 Å². The first-order valence-corrected chi connectivity index (χ1v) is 10.4. The van der Waals surface area contributed by atoms with Gasteiger partial charge in [-0.15, -0.1) is 0 Å². The van der Waals surface area contributed by atoms with Crippen LogP contribution in [0.25, 0.3) is 0 Å². The lowest BCUT2D eigenvalue weighted by Crippen LogP contribution is -2.32. The number of carbonyl (C=O) groups is 1. The van der Waals surface area contributed by atoms with Gasteiger partial charge in [0.1, 0.15) is 0 Å². The second-order valence-electron chi connectivity index (χ2n) is 7.79. The van der Waals surface area contributed by atoms with E-state index >= 15 is 0 Å². The number of likely N-dealkylation sites (tertiary alicyclic amines) is 1. The van der Waals surface area contributed by atoms with E-state index in [0.717, 1.165) is 18.5 Å². The van der Waals surface area contributed by atoms with E-state index in [4.69, 9.17) is 5.73 Å². The molecule has 5 nitrogen and oxygen atoms in total. The molecule has 0 radical (unpaired) electrons. The number of rotatable bonds is 6. The minimum atomic E-state index is -0.0460.